The highest BCUT2D eigenvalue weighted by Crippen LogP contribution is 2.30. The molecule has 5 heterocycles. The molecule has 0 bridgehead atoms. The molecule has 29 heavy (non-hydrogen) atoms. The molecule has 0 amide bonds. The van der Waals surface area contributed by atoms with E-state index in [2.05, 4.69) is 30.3 Å². The molecule has 148 valence electrons. The van der Waals surface area contributed by atoms with Crippen molar-refractivity contribution in [3.05, 3.63) is 36.3 Å². The summed E-state index contributed by atoms with van der Waals surface area (Å²) in [6, 6.07) is 3.75. The van der Waals surface area contributed by atoms with Gasteiger partial charge in [-0.25, -0.2) is 19.5 Å². The third-order valence-corrected chi connectivity index (χ3v) is 4.83. The minimum atomic E-state index is 0.399. The van der Waals surface area contributed by atoms with Crippen molar-refractivity contribution in [3.63, 3.8) is 0 Å². The zero-order chi connectivity index (χ0) is 19.8. The fourth-order valence-corrected chi connectivity index (χ4v) is 3.52. The van der Waals surface area contributed by atoms with Gasteiger partial charge in [-0.2, -0.15) is 5.10 Å². The van der Waals surface area contributed by atoms with Gasteiger partial charge in [0.1, 0.15) is 23.2 Å². The third kappa shape index (κ3) is 3.38. The summed E-state index contributed by atoms with van der Waals surface area (Å²) in [4.78, 5) is 20.2. The van der Waals surface area contributed by atoms with Gasteiger partial charge in [0.2, 0.25) is 0 Å². The Morgan fingerprint density at radius 2 is 2.00 bits per heavy atom. The molecule has 10 heteroatoms. The molecule has 0 saturated carbocycles. The van der Waals surface area contributed by atoms with Crippen LogP contribution in [-0.4, -0.2) is 63.2 Å². The van der Waals surface area contributed by atoms with E-state index in [-0.39, 0.29) is 0 Å². The molecule has 10 nitrogen and oxygen atoms in total. The van der Waals surface area contributed by atoms with E-state index in [1.807, 2.05) is 31.3 Å². The number of aromatic nitrogens is 5. The first kappa shape index (κ1) is 17.6. The number of nitrogens with two attached hydrogens (primary N) is 1. The number of rotatable bonds is 3. The van der Waals surface area contributed by atoms with Crippen molar-refractivity contribution in [2.75, 3.05) is 48.8 Å². The topological polar surface area (TPSA) is 119 Å². The van der Waals surface area contributed by atoms with Crippen molar-refractivity contribution in [1.82, 2.24) is 24.6 Å². The van der Waals surface area contributed by atoms with E-state index < -0.39 is 0 Å². The van der Waals surface area contributed by atoms with E-state index in [0.29, 0.717) is 54.3 Å². The highest BCUT2D eigenvalue weighted by atomic mass is 16.5. The van der Waals surface area contributed by atoms with Crippen LogP contribution in [0.25, 0.3) is 17.0 Å². The number of hydrogen-bond acceptors (Lipinski definition) is 9. The lowest BCUT2D eigenvalue weighted by Crippen LogP contribution is -2.36. The van der Waals surface area contributed by atoms with Gasteiger partial charge in [-0.3, -0.25) is 4.99 Å². The van der Waals surface area contributed by atoms with Crippen LogP contribution in [0.3, 0.4) is 0 Å². The molecule has 0 spiro atoms. The van der Waals surface area contributed by atoms with Crippen molar-refractivity contribution in [3.8, 4) is 11.4 Å². The maximum absolute atomic E-state index is 5.97. The Balaban J connectivity index is 1.64. The van der Waals surface area contributed by atoms with Gasteiger partial charge >= 0.3 is 0 Å². The van der Waals surface area contributed by atoms with Crippen molar-refractivity contribution in [1.29, 1.82) is 0 Å². The maximum Gasteiger partial charge on any atom is 0.162 e. The van der Waals surface area contributed by atoms with Gasteiger partial charge in [0.15, 0.2) is 11.5 Å². The van der Waals surface area contributed by atoms with E-state index in [1.54, 1.807) is 10.6 Å². The predicted octanol–water partition coefficient (Wildman–Crippen LogP) is 1.29. The number of nitrogens with zero attached hydrogens (tertiary/aromatic N) is 7. The Hall–Kier alpha value is -3.53. The van der Waals surface area contributed by atoms with Gasteiger partial charge < -0.3 is 20.7 Å². The minimum Gasteiger partial charge on any atom is -0.384 e. The fraction of sp³-hybridized carbons (Fsp3) is 0.316. The Morgan fingerprint density at radius 3 is 2.76 bits per heavy atom. The van der Waals surface area contributed by atoms with E-state index in [9.17, 15) is 0 Å². The van der Waals surface area contributed by atoms with Crippen LogP contribution in [0, 0.1) is 6.92 Å². The number of aryl methyl sites for hydroxylation is 1. The predicted molar refractivity (Wildman–Crippen MR) is 111 cm³/mol. The van der Waals surface area contributed by atoms with Crippen LogP contribution in [-0.2, 0) is 4.74 Å². The van der Waals surface area contributed by atoms with Crippen LogP contribution >= 0.6 is 0 Å². The number of nitrogen functional groups attached to an aromatic ring is 1. The molecule has 5 rings (SSSR count). The summed E-state index contributed by atoms with van der Waals surface area (Å²) in [6.45, 7) is 5.56. The molecular weight excluding hydrogens is 370 g/mol. The summed E-state index contributed by atoms with van der Waals surface area (Å²) in [6.07, 6.45) is 5.76. The molecule has 0 unspecified atom stereocenters. The van der Waals surface area contributed by atoms with E-state index in [0.717, 1.165) is 24.6 Å². The summed E-state index contributed by atoms with van der Waals surface area (Å²) in [5.41, 5.74) is 9.06. The average molecular weight is 391 g/mol. The Bertz CT molecular complexity index is 1110. The Kier molecular flexibility index (Phi) is 4.32. The van der Waals surface area contributed by atoms with Gasteiger partial charge in [-0.1, -0.05) is 6.08 Å². The molecule has 1 fully saturated rings. The Labute approximate surface area is 167 Å². The number of fused-ring (bicyclic) bond motifs is 1. The zero-order valence-electron chi connectivity index (χ0n) is 16.0. The van der Waals surface area contributed by atoms with Crippen LogP contribution in [0.5, 0.6) is 0 Å². The first-order valence-corrected chi connectivity index (χ1v) is 9.48. The monoisotopic (exact) mass is 391 g/mol. The number of ether oxygens (including phenoxy) is 1. The minimum absolute atomic E-state index is 0.399. The number of aliphatic imine (C=N–C) groups is 1. The average Bonchev–Trinajstić information content (AvgIpc) is 3.35. The summed E-state index contributed by atoms with van der Waals surface area (Å²) < 4.78 is 7.22. The normalized spacial score (nSPS) is 16.4. The lowest BCUT2D eigenvalue weighted by atomic mass is 10.2. The second-order valence-corrected chi connectivity index (χ2v) is 6.87. The highest BCUT2D eigenvalue weighted by Gasteiger charge is 2.21. The van der Waals surface area contributed by atoms with Crippen LogP contribution in [0.4, 0.5) is 17.3 Å². The summed E-state index contributed by atoms with van der Waals surface area (Å²) in [7, 11) is 0. The second kappa shape index (κ2) is 7.13. The molecular formula is C19H21N9O. The highest BCUT2D eigenvalue weighted by molar-refractivity contribution is 6.06. The third-order valence-electron chi connectivity index (χ3n) is 4.83. The molecule has 0 atom stereocenters. The lowest BCUT2D eigenvalue weighted by Gasteiger charge is -2.28. The number of anilines is 3. The van der Waals surface area contributed by atoms with E-state index >= 15 is 0 Å². The number of nitrogens with one attached hydrogen (secondary N) is 1. The summed E-state index contributed by atoms with van der Waals surface area (Å²) in [5, 5.41) is 7.95. The smallest absolute Gasteiger partial charge is 0.162 e. The van der Waals surface area contributed by atoms with Crippen LogP contribution in [0.15, 0.2) is 35.5 Å². The molecule has 3 N–H and O–H groups in total. The lowest BCUT2D eigenvalue weighted by molar-refractivity contribution is 0.122. The second-order valence-electron chi connectivity index (χ2n) is 6.87. The standard InChI is InChI=1S/C19H21N9O/c1-12-23-14(10-15(20)24-12)18-19(25-16-3-2-4-21-16)26-17-9-13(11-22-28(17)18)27-5-7-29-8-6-27/h2-3,9-11H,4-8H2,1H3,(H,21,25)(H2,20,23,24). The summed E-state index contributed by atoms with van der Waals surface area (Å²) in [5.74, 6) is 2.36. The summed E-state index contributed by atoms with van der Waals surface area (Å²) >= 11 is 0. The maximum atomic E-state index is 5.97. The van der Waals surface area contributed by atoms with E-state index in [4.69, 9.17) is 15.5 Å². The largest absolute Gasteiger partial charge is 0.384 e. The van der Waals surface area contributed by atoms with Gasteiger partial charge in [-0.05, 0) is 13.0 Å². The molecule has 1 saturated heterocycles. The molecule has 2 aliphatic heterocycles. The first-order chi connectivity index (χ1) is 14.2. The van der Waals surface area contributed by atoms with Crippen LogP contribution in [0.1, 0.15) is 5.82 Å². The number of imidazole rings is 1. The van der Waals surface area contributed by atoms with Gasteiger partial charge in [0.05, 0.1) is 37.3 Å². The van der Waals surface area contributed by atoms with Crippen LogP contribution in [0.2, 0.25) is 0 Å². The van der Waals surface area contributed by atoms with Crippen molar-refractivity contribution in [2.45, 2.75) is 6.92 Å². The first-order valence-electron chi connectivity index (χ1n) is 9.48. The molecule has 3 aromatic heterocycles. The molecule has 0 radical (unpaired) electrons. The van der Waals surface area contributed by atoms with Crippen molar-refractivity contribution in [2.24, 2.45) is 4.99 Å². The molecule has 0 aromatic carbocycles. The van der Waals surface area contributed by atoms with Gasteiger partial charge in [0.25, 0.3) is 0 Å². The SMILES string of the molecule is Cc1nc(N)cc(-c2c(NC3=NCC=C3)nc3cc(N4CCOCC4)cnn23)n1. The quantitative estimate of drug-likeness (QED) is 0.686. The van der Waals surface area contributed by atoms with Crippen molar-refractivity contribution < 1.29 is 4.74 Å². The Morgan fingerprint density at radius 1 is 1.14 bits per heavy atom. The molecule has 3 aromatic rings. The zero-order valence-corrected chi connectivity index (χ0v) is 16.0. The van der Waals surface area contributed by atoms with E-state index in [1.165, 1.54) is 0 Å². The van der Waals surface area contributed by atoms with Gasteiger partial charge in [0, 0.05) is 25.2 Å². The van der Waals surface area contributed by atoms with Crippen LogP contribution < -0.4 is 16.0 Å². The number of morpholine rings is 1. The van der Waals surface area contributed by atoms with Crippen molar-refractivity contribution >= 4 is 28.8 Å². The fourth-order valence-electron chi connectivity index (χ4n) is 3.52. The number of amidine groups is 1. The molecule has 2 aliphatic rings. The van der Waals surface area contributed by atoms with Gasteiger partial charge in [-0.15, -0.1) is 0 Å². The number of hydrogen-bond donors (Lipinski definition) is 2. The molecule has 0 aliphatic carbocycles.